The third-order valence-corrected chi connectivity index (χ3v) is 6.87. The lowest BCUT2D eigenvalue weighted by Gasteiger charge is -2.36. The monoisotopic (exact) mass is 442 g/mol. The Morgan fingerprint density at radius 1 is 1.06 bits per heavy atom. The molecular formula is C25H35FN4O2. The van der Waals surface area contributed by atoms with E-state index in [4.69, 9.17) is 4.74 Å². The summed E-state index contributed by atoms with van der Waals surface area (Å²) < 4.78 is 21.1. The van der Waals surface area contributed by atoms with Gasteiger partial charge in [-0.2, -0.15) is 0 Å². The summed E-state index contributed by atoms with van der Waals surface area (Å²) in [5, 5.41) is 0. The molecule has 0 radical (unpaired) electrons. The first kappa shape index (κ1) is 22.8. The highest BCUT2D eigenvalue weighted by Gasteiger charge is 2.32. The number of hydrogen-bond donors (Lipinski definition) is 0. The fraction of sp³-hybridized carbons (Fsp3) is 0.560. The van der Waals surface area contributed by atoms with Crippen molar-refractivity contribution in [3.8, 4) is 0 Å². The maximum atomic E-state index is 13.4. The van der Waals surface area contributed by atoms with Crippen molar-refractivity contribution in [2.24, 2.45) is 0 Å². The molecule has 3 heterocycles. The molecule has 2 aliphatic heterocycles. The maximum Gasteiger partial charge on any atom is 0.256 e. The number of anilines is 1. The smallest absolute Gasteiger partial charge is 0.256 e. The third kappa shape index (κ3) is 4.69. The Bertz CT molecular complexity index is 919. The first-order valence-electron chi connectivity index (χ1n) is 11.8. The zero-order valence-corrected chi connectivity index (χ0v) is 19.5. The summed E-state index contributed by atoms with van der Waals surface area (Å²) in [6.07, 6.45) is 3.84. The number of carbonyl (C=O) groups excluding carboxylic acids is 1. The molecule has 1 aromatic carbocycles. The minimum absolute atomic E-state index is 0.0351. The van der Waals surface area contributed by atoms with Gasteiger partial charge in [-0.05, 0) is 63.1 Å². The van der Waals surface area contributed by atoms with Crippen molar-refractivity contribution in [3.05, 3.63) is 53.1 Å². The number of aryl methyl sites for hydroxylation is 2. The van der Waals surface area contributed by atoms with Crippen LogP contribution in [0.3, 0.4) is 0 Å². The average Bonchev–Trinajstić information content (AvgIpc) is 3.07. The van der Waals surface area contributed by atoms with E-state index in [2.05, 4.69) is 27.5 Å². The summed E-state index contributed by atoms with van der Waals surface area (Å²) >= 11 is 0. The van der Waals surface area contributed by atoms with Crippen LogP contribution in [0.15, 0.2) is 30.5 Å². The average molecular weight is 443 g/mol. The molecule has 0 saturated carbocycles. The van der Waals surface area contributed by atoms with Crippen molar-refractivity contribution < 1.29 is 13.9 Å². The van der Waals surface area contributed by atoms with Crippen LogP contribution in [0.25, 0.3) is 0 Å². The minimum Gasteiger partial charge on any atom is -0.375 e. The Hall–Kier alpha value is -2.38. The number of amides is 1. The molecule has 0 N–H and O–H groups in total. The molecule has 1 atom stereocenters. The summed E-state index contributed by atoms with van der Waals surface area (Å²) in [7, 11) is 1.74. The van der Waals surface area contributed by atoms with Crippen LogP contribution < -0.4 is 4.90 Å². The predicted octanol–water partition coefficient (Wildman–Crippen LogP) is 3.70. The lowest BCUT2D eigenvalue weighted by molar-refractivity contribution is 0.0687. The number of methoxy groups -OCH3 is 1. The van der Waals surface area contributed by atoms with E-state index in [-0.39, 0.29) is 17.8 Å². The lowest BCUT2D eigenvalue weighted by atomic mass is 10.1. The Balaban J connectivity index is 1.31. The van der Waals surface area contributed by atoms with E-state index < -0.39 is 0 Å². The van der Waals surface area contributed by atoms with Gasteiger partial charge in [-0.15, -0.1) is 0 Å². The van der Waals surface area contributed by atoms with Crippen molar-refractivity contribution in [1.82, 2.24) is 14.4 Å². The zero-order chi connectivity index (χ0) is 22.7. The molecule has 7 heteroatoms. The number of aromatic nitrogens is 1. The number of piperazine rings is 1. The molecule has 1 amide bonds. The normalized spacial score (nSPS) is 19.9. The molecular weight excluding hydrogens is 407 g/mol. The van der Waals surface area contributed by atoms with E-state index >= 15 is 0 Å². The van der Waals surface area contributed by atoms with Gasteiger partial charge < -0.3 is 19.1 Å². The van der Waals surface area contributed by atoms with Gasteiger partial charge in [-0.1, -0.05) is 0 Å². The molecule has 1 fully saturated rings. The number of fused-ring (bicyclic) bond motifs is 1. The number of carbonyl (C=O) groups is 1. The second-order valence-electron chi connectivity index (χ2n) is 8.82. The largest absolute Gasteiger partial charge is 0.375 e. The Kier molecular flexibility index (Phi) is 7.16. The molecule has 2 aromatic rings. The van der Waals surface area contributed by atoms with Gasteiger partial charge in [0.25, 0.3) is 5.91 Å². The van der Waals surface area contributed by atoms with Gasteiger partial charge in [0.05, 0.1) is 17.4 Å². The van der Waals surface area contributed by atoms with Crippen LogP contribution in [0.2, 0.25) is 0 Å². The van der Waals surface area contributed by atoms with Crippen molar-refractivity contribution in [2.45, 2.75) is 39.3 Å². The molecule has 32 heavy (non-hydrogen) atoms. The summed E-state index contributed by atoms with van der Waals surface area (Å²) in [6, 6.07) is 6.75. The second-order valence-corrected chi connectivity index (χ2v) is 8.82. The minimum atomic E-state index is -0.194. The Morgan fingerprint density at radius 3 is 2.44 bits per heavy atom. The molecule has 1 saturated heterocycles. The number of nitrogens with zero attached hydrogens (tertiary/aromatic N) is 4. The molecule has 4 rings (SSSR count). The van der Waals surface area contributed by atoms with Crippen LogP contribution in [0.4, 0.5) is 10.1 Å². The van der Waals surface area contributed by atoms with Gasteiger partial charge in [0, 0.05) is 64.8 Å². The quantitative estimate of drug-likeness (QED) is 0.656. The van der Waals surface area contributed by atoms with Gasteiger partial charge in [0.15, 0.2) is 0 Å². The third-order valence-electron chi connectivity index (χ3n) is 6.87. The SMILES string of the molecule is CCn1cc(C)c2c1C(OC)CCN(CCCN1CCN(c3ccc(F)cc3)CC1)C2=O. The van der Waals surface area contributed by atoms with Crippen LogP contribution >= 0.6 is 0 Å². The molecule has 1 unspecified atom stereocenters. The fourth-order valence-corrected chi connectivity index (χ4v) is 5.08. The van der Waals surface area contributed by atoms with E-state index in [1.54, 1.807) is 7.11 Å². The standard InChI is InChI=1S/C25H35FN4O2/c1-4-28-18-19(2)23-24(28)22(32-3)10-13-30(25(23)31)12-5-11-27-14-16-29(17-15-27)21-8-6-20(26)7-9-21/h6-9,18,22H,4-5,10-17H2,1-3H3. The van der Waals surface area contributed by atoms with Gasteiger partial charge in [0.1, 0.15) is 5.82 Å². The number of ether oxygens (including phenoxy) is 1. The summed E-state index contributed by atoms with van der Waals surface area (Å²) in [4.78, 5) is 20.1. The Labute approximate surface area is 190 Å². The van der Waals surface area contributed by atoms with Gasteiger partial charge in [0.2, 0.25) is 0 Å². The zero-order valence-electron chi connectivity index (χ0n) is 19.5. The number of hydrogen-bond acceptors (Lipinski definition) is 4. The van der Waals surface area contributed by atoms with Crippen LogP contribution in [-0.4, -0.2) is 73.2 Å². The van der Waals surface area contributed by atoms with Crippen molar-refractivity contribution >= 4 is 11.6 Å². The topological polar surface area (TPSA) is 41.0 Å². The highest BCUT2D eigenvalue weighted by atomic mass is 19.1. The van der Waals surface area contributed by atoms with E-state index in [0.717, 1.165) is 87.7 Å². The molecule has 1 aromatic heterocycles. The van der Waals surface area contributed by atoms with Crippen molar-refractivity contribution in [1.29, 1.82) is 0 Å². The van der Waals surface area contributed by atoms with Crippen LogP contribution in [0, 0.1) is 12.7 Å². The highest BCUT2D eigenvalue weighted by molar-refractivity contribution is 5.97. The van der Waals surface area contributed by atoms with Crippen molar-refractivity contribution in [3.63, 3.8) is 0 Å². The molecule has 0 bridgehead atoms. The van der Waals surface area contributed by atoms with E-state index in [9.17, 15) is 9.18 Å². The fourth-order valence-electron chi connectivity index (χ4n) is 5.08. The summed E-state index contributed by atoms with van der Waals surface area (Å²) in [5.41, 5.74) is 4.00. The van der Waals surface area contributed by atoms with E-state index in [0.29, 0.717) is 0 Å². The summed E-state index contributed by atoms with van der Waals surface area (Å²) in [5.74, 6) is -0.0498. The van der Waals surface area contributed by atoms with Crippen LogP contribution in [0.1, 0.15) is 47.5 Å². The van der Waals surface area contributed by atoms with Crippen LogP contribution in [0.5, 0.6) is 0 Å². The highest BCUT2D eigenvalue weighted by Crippen LogP contribution is 2.32. The Morgan fingerprint density at radius 2 is 1.78 bits per heavy atom. The second kappa shape index (κ2) is 10.0. The molecule has 6 nitrogen and oxygen atoms in total. The number of benzene rings is 1. The molecule has 2 aliphatic rings. The van der Waals surface area contributed by atoms with Gasteiger partial charge >= 0.3 is 0 Å². The first-order valence-corrected chi connectivity index (χ1v) is 11.8. The van der Waals surface area contributed by atoms with Crippen LogP contribution in [-0.2, 0) is 11.3 Å². The number of halogens is 1. The van der Waals surface area contributed by atoms with E-state index in [1.807, 2.05) is 24.0 Å². The molecule has 0 aliphatic carbocycles. The maximum absolute atomic E-state index is 13.4. The molecule has 174 valence electrons. The first-order chi connectivity index (χ1) is 15.5. The lowest BCUT2D eigenvalue weighted by Crippen LogP contribution is -2.47. The van der Waals surface area contributed by atoms with Gasteiger partial charge in [-0.3, -0.25) is 9.69 Å². The number of rotatable bonds is 7. The van der Waals surface area contributed by atoms with Gasteiger partial charge in [-0.25, -0.2) is 4.39 Å². The summed E-state index contributed by atoms with van der Waals surface area (Å²) in [6.45, 7) is 11.3. The molecule has 0 spiro atoms. The van der Waals surface area contributed by atoms with E-state index in [1.165, 1.54) is 12.1 Å². The predicted molar refractivity (Wildman–Crippen MR) is 125 cm³/mol. The van der Waals surface area contributed by atoms with Crippen molar-refractivity contribution in [2.75, 3.05) is 57.8 Å².